The van der Waals surface area contributed by atoms with E-state index in [0.29, 0.717) is 23.6 Å². The van der Waals surface area contributed by atoms with Crippen LogP contribution < -0.4 is 16.0 Å². The highest BCUT2D eigenvalue weighted by atomic mass is 16.1. The summed E-state index contributed by atoms with van der Waals surface area (Å²) >= 11 is 0. The Balaban J connectivity index is 2.16. The number of amides is 1. The summed E-state index contributed by atoms with van der Waals surface area (Å²) in [4.78, 5) is 21.0. The Morgan fingerprint density at radius 2 is 2.26 bits per heavy atom. The van der Waals surface area contributed by atoms with Crippen molar-refractivity contribution < 1.29 is 4.79 Å². The fraction of sp³-hybridized carbons (Fsp3) is 0.231. The van der Waals surface area contributed by atoms with Crippen LogP contribution >= 0.6 is 0 Å². The number of aromatic amines is 1. The minimum absolute atomic E-state index is 0.174. The van der Waals surface area contributed by atoms with Crippen LogP contribution in [0.1, 0.15) is 16.2 Å². The van der Waals surface area contributed by atoms with E-state index in [4.69, 9.17) is 5.73 Å². The van der Waals surface area contributed by atoms with Crippen molar-refractivity contribution in [2.75, 3.05) is 24.7 Å². The average Bonchev–Trinajstić information content (AvgIpc) is 2.88. The number of nitrogens with zero attached hydrogens (tertiary/aromatic N) is 2. The number of rotatable bonds is 4. The van der Waals surface area contributed by atoms with E-state index in [1.165, 1.54) is 0 Å². The minimum atomic E-state index is -0.174. The summed E-state index contributed by atoms with van der Waals surface area (Å²) in [5, 5.41) is 2.81. The molecular formula is C13H17N5O. The first-order valence-corrected chi connectivity index (χ1v) is 5.91. The van der Waals surface area contributed by atoms with Gasteiger partial charge in [-0.2, -0.15) is 0 Å². The van der Waals surface area contributed by atoms with Crippen molar-refractivity contribution in [1.82, 2.24) is 15.3 Å². The van der Waals surface area contributed by atoms with E-state index in [1.54, 1.807) is 24.5 Å². The molecule has 0 unspecified atom stereocenters. The van der Waals surface area contributed by atoms with Crippen LogP contribution in [0.4, 0.5) is 11.4 Å². The van der Waals surface area contributed by atoms with Gasteiger partial charge in [0.1, 0.15) is 5.82 Å². The van der Waals surface area contributed by atoms with Crippen molar-refractivity contribution in [2.24, 2.45) is 0 Å². The second kappa shape index (κ2) is 5.43. The Labute approximate surface area is 111 Å². The first-order chi connectivity index (χ1) is 9.08. The summed E-state index contributed by atoms with van der Waals surface area (Å²) < 4.78 is 0. The fourth-order valence-corrected chi connectivity index (χ4v) is 1.78. The molecule has 4 N–H and O–H groups in total. The Hall–Kier alpha value is -2.50. The highest BCUT2D eigenvalue weighted by Crippen LogP contribution is 2.21. The third kappa shape index (κ3) is 3.04. The van der Waals surface area contributed by atoms with Crippen molar-refractivity contribution in [1.29, 1.82) is 0 Å². The summed E-state index contributed by atoms with van der Waals surface area (Å²) in [6.45, 7) is 0.355. The summed E-state index contributed by atoms with van der Waals surface area (Å²) in [7, 11) is 3.77. The molecule has 0 aliphatic carbocycles. The SMILES string of the molecule is CN(C)c1ccc(N)cc1C(=O)NCc1ncc[nH]1. The zero-order chi connectivity index (χ0) is 13.8. The van der Waals surface area contributed by atoms with Gasteiger partial charge >= 0.3 is 0 Å². The van der Waals surface area contributed by atoms with Crippen molar-refractivity contribution in [3.8, 4) is 0 Å². The number of imidazole rings is 1. The number of anilines is 2. The van der Waals surface area contributed by atoms with Gasteiger partial charge in [-0.25, -0.2) is 4.98 Å². The van der Waals surface area contributed by atoms with Crippen LogP contribution in [0.3, 0.4) is 0 Å². The number of benzene rings is 1. The molecule has 0 atom stereocenters. The van der Waals surface area contributed by atoms with Gasteiger partial charge in [-0.05, 0) is 18.2 Å². The first kappa shape index (κ1) is 12.9. The number of hydrogen-bond donors (Lipinski definition) is 3. The molecule has 2 rings (SSSR count). The van der Waals surface area contributed by atoms with Gasteiger partial charge in [-0.1, -0.05) is 0 Å². The van der Waals surface area contributed by atoms with Gasteiger partial charge < -0.3 is 20.9 Å². The van der Waals surface area contributed by atoms with E-state index in [9.17, 15) is 4.79 Å². The van der Waals surface area contributed by atoms with Gasteiger partial charge in [0.05, 0.1) is 12.1 Å². The molecule has 6 nitrogen and oxygen atoms in total. The van der Waals surface area contributed by atoms with Gasteiger partial charge in [0.15, 0.2) is 0 Å². The highest BCUT2D eigenvalue weighted by molar-refractivity contribution is 6.00. The zero-order valence-corrected chi connectivity index (χ0v) is 11.0. The summed E-state index contributed by atoms with van der Waals surface area (Å²) in [5.74, 6) is 0.538. The van der Waals surface area contributed by atoms with Crippen LogP contribution in [-0.4, -0.2) is 30.0 Å². The lowest BCUT2D eigenvalue weighted by Gasteiger charge is -2.17. The molecule has 0 fully saturated rings. The molecule has 1 heterocycles. The number of H-pyrrole nitrogens is 1. The predicted molar refractivity (Wildman–Crippen MR) is 74.9 cm³/mol. The number of hydrogen-bond acceptors (Lipinski definition) is 4. The van der Waals surface area contributed by atoms with Crippen LogP contribution in [0, 0.1) is 0 Å². The fourth-order valence-electron chi connectivity index (χ4n) is 1.78. The average molecular weight is 259 g/mol. The van der Waals surface area contributed by atoms with E-state index < -0.39 is 0 Å². The predicted octanol–water partition coefficient (Wildman–Crippen LogP) is 0.988. The number of nitrogen functional groups attached to an aromatic ring is 1. The lowest BCUT2D eigenvalue weighted by atomic mass is 10.1. The molecule has 0 spiro atoms. The molecule has 0 radical (unpaired) electrons. The molecule has 0 saturated heterocycles. The number of nitrogens with two attached hydrogens (primary N) is 1. The molecule has 1 amide bonds. The van der Waals surface area contributed by atoms with Crippen LogP contribution in [0.2, 0.25) is 0 Å². The Morgan fingerprint density at radius 1 is 1.47 bits per heavy atom. The number of carbonyl (C=O) groups excluding carboxylic acids is 1. The molecule has 100 valence electrons. The molecule has 0 aliphatic rings. The lowest BCUT2D eigenvalue weighted by Crippen LogP contribution is -2.26. The third-order valence-corrected chi connectivity index (χ3v) is 2.72. The largest absolute Gasteiger partial charge is 0.399 e. The van der Waals surface area contributed by atoms with Crippen molar-refractivity contribution in [3.05, 3.63) is 42.0 Å². The standard InChI is InChI=1S/C13H17N5O/c1-18(2)11-4-3-9(14)7-10(11)13(19)17-8-12-15-5-6-16-12/h3-7H,8,14H2,1-2H3,(H,15,16)(H,17,19). The van der Waals surface area contributed by atoms with E-state index in [1.807, 2.05) is 25.1 Å². The topological polar surface area (TPSA) is 87.0 Å². The number of aromatic nitrogens is 2. The van der Waals surface area contributed by atoms with E-state index >= 15 is 0 Å². The van der Waals surface area contributed by atoms with Crippen molar-refractivity contribution in [2.45, 2.75) is 6.54 Å². The van der Waals surface area contributed by atoms with E-state index in [0.717, 1.165) is 5.69 Å². The molecular weight excluding hydrogens is 242 g/mol. The molecule has 0 saturated carbocycles. The smallest absolute Gasteiger partial charge is 0.253 e. The summed E-state index contributed by atoms with van der Waals surface area (Å²) in [6, 6.07) is 5.28. The number of carbonyl (C=O) groups is 1. The van der Waals surface area contributed by atoms with Crippen molar-refractivity contribution >= 4 is 17.3 Å². The van der Waals surface area contributed by atoms with Gasteiger partial charge in [0.2, 0.25) is 0 Å². The van der Waals surface area contributed by atoms with Gasteiger partial charge in [0.25, 0.3) is 5.91 Å². The Morgan fingerprint density at radius 3 is 2.89 bits per heavy atom. The first-order valence-electron chi connectivity index (χ1n) is 5.91. The van der Waals surface area contributed by atoms with Crippen molar-refractivity contribution in [3.63, 3.8) is 0 Å². The van der Waals surface area contributed by atoms with Crippen LogP contribution in [-0.2, 0) is 6.54 Å². The van der Waals surface area contributed by atoms with Crippen LogP contribution in [0.25, 0.3) is 0 Å². The Bertz CT molecular complexity index is 562. The van der Waals surface area contributed by atoms with E-state index in [2.05, 4.69) is 15.3 Å². The van der Waals surface area contributed by atoms with Gasteiger partial charge in [-0.3, -0.25) is 4.79 Å². The number of nitrogens with one attached hydrogen (secondary N) is 2. The lowest BCUT2D eigenvalue weighted by molar-refractivity contribution is 0.0950. The second-order valence-corrected chi connectivity index (χ2v) is 4.39. The molecule has 6 heteroatoms. The summed E-state index contributed by atoms with van der Waals surface area (Å²) in [6.07, 6.45) is 3.36. The van der Waals surface area contributed by atoms with Crippen LogP contribution in [0.5, 0.6) is 0 Å². The normalized spacial score (nSPS) is 10.2. The highest BCUT2D eigenvalue weighted by Gasteiger charge is 2.13. The van der Waals surface area contributed by atoms with Crippen LogP contribution in [0.15, 0.2) is 30.6 Å². The summed E-state index contributed by atoms with van der Waals surface area (Å²) in [5.41, 5.74) is 7.68. The second-order valence-electron chi connectivity index (χ2n) is 4.39. The maximum Gasteiger partial charge on any atom is 0.253 e. The Kier molecular flexibility index (Phi) is 3.70. The van der Waals surface area contributed by atoms with Gasteiger partial charge in [-0.15, -0.1) is 0 Å². The molecule has 2 aromatic rings. The quantitative estimate of drug-likeness (QED) is 0.714. The minimum Gasteiger partial charge on any atom is -0.399 e. The third-order valence-electron chi connectivity index (χ3n) is 2.72. The molecule has 1 aromatic heterocycles. The molecule has 0 aliphatic heterocycles. The maximum absolute atomic E-state index is 12.2. The molecule has 1 aromatic carbocycles. The molecule has 0 bridgehead atoms. The zero-order valence-electron chi connectivity index (χ0n) is 11.0. The monoisotopic (exact) mass is 259 g/mol. The van der Waals surface area contributed by atoms with E-state index in [-0.39, 0.29) is 5.91 Å². The molecule has 19 heavy (non-hydrogen) atoms. The maximum atomic E-state index is 12.2. The van der Waals surface area contributed by atoms with Gasteiger partial charge in [0, 0.05) is 37.9 Å².